The van der Waals surface area contributed by atoms with Gasteiger partial charge in [-0.25, -0.2) is 4.98 Å². The highest BCUT2D eigenvalue weighted by Crippen LogP contribution is 2.25. The summed E-state index contributed by atoms with van der Waals surface area (Å²) in [5.74, 6) is 0.880. The zero-order valence-electron chi connectivity index (χ0n) is 19.3. The lowest BCUT2D eigenvalue weighted by molar-refractivity contribution is 0.479. The van der Waals surface area contributed by atoms with E-state index in [9.17, 15) is 0 Å². The minimum absolute atomic E-state index is 0.577. The summed E-state index contributed by atoms with van der Waals surface area (Å²) in [6.45, 7) is 5.95. The van der Waals surface area contributed by atoms with E-state index in [-0.39, 0.29) is 0 Å². The van der Waals surface area contributed by atoms with Crippen molar-refractivity contribution in [2.45, 2.75) is 18.9 Å². The molecule has 0 spiro atoms. The van der Waals surface area contributed by atoms with E-state index in [1.807, 2.05) is 55.8 Å². The summed E-state index contributed by atoms with van der Waals surface area (Å²) in [6, 6.07) is 11.1. The Bertz CT molecular complexity index is 1210. The second-order valence-corrected chi connectivity index (χ2v) is 8.16. The van der Waals surface area contributed by atoms with E-state index in [0.717, 1.165) is 41.1 Å². The number of hydrogen-bond acceptors (Lipinski definition) is 6. The first-order chi connectivity index (χ1) is 16.1. The van der Waals surface area contributed by atoms with Crippen molar-refractivity contribution in [2.24, 2.45) is 7.05 Å². The third-order valence-corrected chi connectivity index (χ3v) is 5.72. The van der Waals surface area contributed by atoms with Crippen LogP contribution in [0.25, 0.3) is 28.0 Å². The molecule has 0 saturated carbocycles. The maximum atomic E-state index is 4.30. The first-order valence-electron chi connectivity index (χ1n) is 11.3. The standard InChI is InChI=1S/C14H14N4.C12H17N3/c1-15-14-6-12-5-10(3-4-11(12)7-16-14)13-8-17-18(2)9-13;1-2-10-7-12(9-14-8-10)15-11-3-5-13-6-4-11/h3-9H,1-2H3,(H,15,16);2,7-9,11,13,15H,1,3-6H2. The molecule has 5 rings (SSSR count). The predicted molar refractivity (Wildman–Crippen MR) is 137 cm³/mol. The summed E-state index contributed by atoms with van der Waals surface area (Å²) in [6.07, 6.45) is 13.6. The topological polar surface area (TPSA) is 79.7 Å². The highest BCUT2D eigenvalue weighted by Gasteiger charge is 2.12. The number of nitrogens with one attached hydrogen (secondary N) is 3. The van der Waals surface area contributed by atoms with Crippen LogP contribution in [-0.4, -0.2) is 45.9 Å². The summed E-state index contributed by atoms with van der Waals surface area (Å²) in [7, 11) is 3.80. The summed E-state index contributed by atoms with van der Waals surface area (Å²) in [5, 5.41) is 16.4. The van der Waals surface area contributed by atoms with Crippen LogP contribution in [0.1, 0.15) is 18.4 Å². The largest absolute Gasteiger partial charge is 0.381 e. The number of aryl methyl sites for hydroxylation is 1. The molecule has 7 nitrogen and oxygen atoms in total. The van der Waals surface area contributed by atoms with E-state index in [4.69, 9.17) is 0 Å². The molecule has 1 fully saturated rings. The normalized spacial score (nSPS) is 13.8. The van der Waals surface area contributed by atoms with E-state index >= 15 is 0 Å². The Morgan fingerprint density at radius 3 is 2.61 bits per heavy atom. The van der Waals surface area contributed by atoms with Gasteiger partial charge in [0.25, 0.3) is 0 Å². The SMILES string of the molecule is C=Cc1cncc(NC2CCNCC2)c1.CNc1cc2cc(-c3cnn(C)c3)ccc2cn1. The fraction of sp³-hybridized carbons (Fsp3) is 0.269. The number of nitrogens with zero attached hydrogens (tertiary/aromatic N) is 4. The molecule has 1 aromatic carbocycles. The molecule has 0 bridgehead atoms. The Morgan fingerprint density at radius 2 is 1.88 bits per heavy atom. The maximum Gasteiger partial charge on any atom is 0.126 e. The van der Waals surface area contributed by atoms with Crippen molar-refractivity contribution in [3.63, 3.8) is 0 Å². The van der Waals surface area contributed by atoms with Gasteiger partial charge in [-0.15, -0.1) is 0 Å². The number of benzene rings is 1. The van der Waals surface area contributed by atoms with E-state index in [2.05, 4.69) is 67.9 Å². The van der Waals surface area contributed by atoms with Crippen molar-refractivity contribution in [2.75, 3.05) is 30.8 Å². The second kappa shape index (κ2) is 10.7. The number of pyridine rings is 2. The first-order valence-corrected chi connectivity index (χ1v) is 11.3. The lowest BCUT2D eigenvalue weighted by Gasteiger charge is -2.24. The van der Waals surface area contributed by atoms with Crippen molar-refractivity contribution in [3.05, 3.63) is 73.5 Å². The number of aromatic nitrogens is 4. The van der Waals surface area contributed by atoms with E-state index in [0.29, 0.717) is 6.04 Å². The summed E-state index contributed by atoms with van der Waals surface area (Å²) in [4.78, 5) is 8.48. The minimum atomic E-state index is 0.577. The van der Waals surface area contributed by atoms with Gasteiger partial charge in [-0.1, -0.05) is 24.8 Å². The van der Waals surface area contributed by atoms with E-state index < -0.39 is 0 Å². The van der Waals surface area contributed by atoms with Crippen molar-refractivity contribution in [1.82, 2.24) is 25.1 Å². The monoisotopic (exact) mass is 441 g/mol. The second-order valence-electron chi connectivity index (χ2n) is 8.16. The third kappa shape index (κ3) is 5.96. The Kier molecular flexibility index (Phi) is 7.32. The third-order valence-electron chi connectivity index (χ3n) is 5.72. The molecule has 0 radical (unpaired) electrons. The van der Waals surface area contributed by atoms with Crippen LogP contribution in [0.15, 0.2) is 67.9 Å². The van der Waals surface area contributed by atoms with Crippen LogP contribution >= 0.6 is 0 Å². The van der Waals surface area contributed by atoms with Crippen molar-refractivity contribution in [1.29, 1.82) is 0 Å². The molecule has 0 aliphatic carbocycles. The molecule has 3 N–H and O–H groups in total. The molecule has 1 aliphatic heterocycles. The summed E-state index contributed by atoms with van der Waals surface area (Å²) >= 11 is 0. The van der Waals surface area contributed by atoms with Gasteiger partial charge in [-0.2, -0.15) is 5.10 Å². The average molecular weight is 442 g/mol. The van der Waals surface area contributed by atoms with Gasteiger partial charge in [0.15, 0.2) is 0 Å². The molecule has 1 saturated heterocycles. The molecule has 7 heteroatoms. The number of rotatable bonds is 5. The molecule has 0 atom stereocenters. The zero-order chi connectivity index (χ0) is 23.0. The highest BCUT2D eigenvalue weighted by molar-refractivity contribution is 5.88. The van der Waals surface area contributed by atoms with Gasteiger partial charge >= 0.3 is 0 Å². The van der Waals surface area contributed by atoms with Crippen molar-refractivity contribution in [3.8, 4) is 11.1 Å². The maximum absolute atomic E-state index is 4.30. The molecule has 0 unspecified atom stereocenters. The van der Waals surface area contributed by atoms with Gasteiger partial charge < -0.3 is 16.0 Å². The minimum Gasteiger partial charge on any atom is -0.381 e. The van der Waals surface area contributed by atoms with Crippen molar-refractivity contribution >= 4 is 28.4 Å². The van der Waals surface area contributed by atoms with Crippen LogP contribution < -0.4 is 16.0 Å². The molecular weight excluding hydrogens is 410 g/mol. The molecule has 3 aromatic heterocycles. The zero-order valence-corrected chi connectivity index (χ0v) is 19.3. The number of hydrogen-bond donors (Lipinski definition) is 3. The van der Waals surface area contributed by atoms with Crippen LogP contribution in [0.3, 0.4) is 0 Å². The van der Waals surface area contributed by atoms with Gasteiger partial charge in [0.2, 0.25) is 0 Å². The lowest BCUT2D eigenvalue weighted by Crippen LogP contribution is -2.35. The Balaban J connectivity index is 0.000000160. The van der Waals surface area contributed by atoms with Crippen LogP contribution in [0, 0.1) is 0 Å². The molecular formula is C26H31N7. The number of piperidine rings is 1. The Hall–Kier alpha value is -3.71. The molecule has 4 heterocycles. The lowest BCUT2D eigenvalue weighted by atomic mass is 10.1. The van der Waals surface area contributed by atoms with Crippen LogP contribution in [0.2, 0.25) is 0 Å². The summed E-state index contributed by atoms with van der Waals surface area (Å²) < 4.78 is 1.81. The molecule has 33 heavy (non-hydrogen) atoms. The van der Waals surface area contributed by atoms with E-state index in [1.54, 1.807) is 0 Å². The molecule has 4 aromatic rings. The summed E-state index contributed by atoms with van der Waals surface area (Å²) in [5.41, 5.74) is 4.46. The van der Waals surface area contributed by atoms with Crippen LogP contribution in [0.4, 0.5) is 11.5 Å². The Morgan fingerprint density at radius 1 is 1.03 bits per heavy atom. The van der Waals surface area contributed by atoms with Gasteiger partial charge in [0.1, 0.15) is 5.82 Å². The molecule has 0 amide bonds. The van der Waals surface area contributed by atoms with Gasteiger partial charge in [0, 0.05) is 55.9 Å². The quantitative estimate of drug-likeness (QED) is 0.421. The van der Waals surface area contributed by atoms with Gasteiger partial charge in [0.05, 0.1) is 11.9 Å². The van der Waals surface area contributed by atoms with Gasteiger partial charge in [-0.05, 0) is 60.6 Å². The van der Waals surface area contributed by atoms with Crippen molar-refractivity contribution < 1.29 is 0 Å². The number of anilines is 2. The fourth-order valence-electron chi connectivity index (χ4n) is 3.88. The van der Waals surface area contributed by atoms with Crippen LogP contribution in [0.5, 0.6) is 0 Å². The first kappa shape index (κ1) is 22.5. The fourth-order valence-corrected chi connectivity index (χ4v) is 3.88. The molecule has 170 valence electrons. The highest BCUT2D eigenvalue weighted by atomic mass is 15.2. The molecule has 1 aliphatic rings. The predicted octanol–water partition coefficient (Wildman–Crippen LogP) is 4.57. The average Bonchev–Trinajstić information content (AvgIpc) is 3.30. The van der Waals surface area contributed by atoms with Crippen LogP contribution in [-0.2, 0) is 7.05 Å². The number of fused-ring (bicyclic) bond motifs is 1. The van der Waals surface area contributed by atoms with Gasteiger partial charge in [-0.3, -0.25) is 9.67 Å². The van der Waals surface area contributed by atoms with E-state index in [1.165, 1.54) is 23.8 Å². The smallest absolute Gasteiger partial charge is 0.126 e. The Labute approximate surface area is 195 Å².